The third-order valence-electron chi connectivity index (χ3n) is 5.08. The summed E-state index contributed by atoms with van der Waals surface area (Å²) in [5, 5.41) is 5.79. The van der Waals surface area contributed by atoms with E-state index in [9.17, 15) is 14.4 Å². The number of carbonyl (C=O) groups is 2. The number of benzene rings is 1. The quantitative estimate of drug-likeness (QED) is 0.500. The molecule has 0 bridgehead atoms. The minimum Gasteiger partial charge on any atom is -0.493 e. The Morgan fingerprint density at radius 1 is 1.09 bits per heavy atom. The summed E-state index contributed by atoms with van der Waals surface area (Å²) in [6.07, 6.45) is 2.94. The molecule has 2 amide bonds. The lowest BCUT2D eigenvalue weighted by molar-refractivity contribution is -0.130. The predicted octanol–water partition coefficient (Wildman–Crippen LogP) is 1.27. The summed E-state index contributed by atoms with van der Waals surface area (Å²) in [7, 11) is 2.96. The number of nitrogens with zero attached hydrogens (tertiary/aromatic N) is 3. The van der Waals surface area contributed by atoms with Crippen LogP contribution in [0.5, 0.6) is 11.5 Å². The first-order chi connectivity index (χ1) is 15.8. The largest absolute Gasteiger partial charge is 0.493 e. The van der Waals surface area contributed by atoms with E-state index in [0.29, 0.717) is 22.7 Å². The number of carbonyl (C=O) groups excluding carboxylic acids is 2. The van der Waals surface area contributed by atoms with Crippen LogP contribution in [0.2, 0.25) is 0 Å². The number of aromatic nitrogens is 3. The third kappa shape index (κ3) is 5.65. The van der Waals surface area contributed by atoms with Crippen molar-refractivity contribution in [2.45, 2.75) is 33.0 Å². The summed E-state index contributed by atoms with van der Waals surface area (Å²) in [5.41, 5.74) is 0.723. The lowest BCUT2D eigenvalue weighted by Crippen LogP contribution is -2.50. The fourth-order valence-electron chi connectivity index (χ4n) is 3.30. The normalized spacial score (nSPS) is 11.8. The van der Waals surface area contributed by atoms with Crippen molar-refractivity contribution in [2.75, 3.05) is 14.2 Å². The molecule has 0 saturated carbocycles. The first kappa shape index (κ1) is 23.7. The topological polar surface area (TPSA) is 124 Å². The average Bonchev–Trinajstić information content (AvgIpc) is 2.82. The van der Waals surface area contributed by atoms with E-state index in [0.717, 1.165) is 0 Å². The van der Waals surface area contributed by atoms with Crippen molar-refractivity contribution in [2.24, 2.45) is 5.92 Å². The molecule has 2 N–H and O–H groups in total. The van der Waals surface area contributed by atoms with Crippen molar-refractivity contribution in [1.82, 2.24) is 25.2 Å². The van der Waals surface area contributed by atoms with Crippen LogP contribution < -0.4 is 25.7 Å². The Bertz CT molecular complexity index is 1190. The number of methoxy groups -OCH3 is 2. The second-order valence-electron chi connectivity index (χ2n) is 7.73. The van der Waals surface area contributed by atoms with Crippen LogP contribution in [0.15, 0.2) is 47.7 Å². The summed E-state index contributed by atoms with van der Waals surface area (Å²) in [4.78, 5) is 46.7. The monoisotopic (exact) mass is 453 g/mol. The molecule has 3 rings (SSSR count). The highest BCUT2D eigenvalue weighted by Crippen LogP contribution is 2.29. The summed E-state index contributed by atoms with van der Waals surface area (Å²) < 4.78 is 11.7. The zero-order valence-corrected chi connectivity index (χ0v) is 19.0. The Kier molecular flexibility index (Phi) is 7.60. The fraction of sp³-hybridized carbons (Fsp3) is 0.348. The Hall–Kier alpha value is -3.95. The van der Waals surface area contributed by atoms with E-state index in [1.54, 1.807) is 24.4 Å². The minimum atomic E-state index is -0.769. The maximum atomic E-state index is 12.9. The van der Waals surface area contributed by atoms with Gasteiger partial charge < -0.3 is 20.1 Å². The van der Waals surface area contributed by atoms with E-state index in [4.69, 9.17) is 9.47 Å². The van der Waals surface area contributed by atoms with Crippen molar-refractivity contribution in [3.05, 3.63) is 58.9 Å². The van der Waals surface area contributed by atoms with Crippen molar-refractivity contribution in [1.29, 1.82) is 0 Å². The van der Waals surface area contributed by atoms with Gasteiger partial charge >= 0.3 is 0 Å². The van der Waals surface area contributed by atoms with Gasteiger partial charge in [0.2, 0.25) is 11.8 Å². The van der Waals surface area contributed by atoms with Crippen molar-refractivity contribution < 1.29 is 19.1 Å². The van der Waals surface area contributed by atoms with Gasteiger partial charge in [-0.15, -0.1) is 0 Å². The summed E-state index contributed by atoms with van der Waals surface area (Å²) in [6.45, 7) is 3.62. The number of rotatable bonds is 9. The van der Waals surface area contributed by atoms with Gasteiger partial charge in [-0.25, -0.2) is 4.98 Å². The van der Waals surface area contributed by atoms with E-state index in [1.807, 2.05) is 19.9 Å². The Balaban J connectivity index is 1.73. The molecule has 2 aromatic heterocycles. The van der Waals surface area contributed by atoms with E-state index in [2.05, 4.69) is 20.6 Å². The summed E-state index contributed by atoms with van der Waals surface area (Å²) in [6, 6.07) is 7.78. The van der Waals surface area contributed by atoms with Gasteiger partial charge in [-0.2, -0.15) is 0 Å². The molecule has 3 aromatic rings. The number of amides is 2. The number of fused-ring (bicyclic) bond motifs is 1. The molecule has 1 atom stereocenters. The standard InChI is InChI=1S/C23H27N5O5/c1-14(2)21(22(30)25-11-15-7-5-6-8-24-15)27-20(29)12-28-13-26-17-10-19(33-4)18(32-3)9-16(17)23(28)31/h5-10,13-14,21H,11-12H2,1-4H3,(H,25,30)(H,27,29). The molecular formula is C23H27N5O5. The molecule has 10 nitrogen and oxygen atoms in total. The van der Waals surface area contributed by atoms with Crippen LogP contribution in [-0.2, 0) is 22.7 Å². The molecule has 0 fully saturated rings. The van der Waals surface area contributed by atoms with Gasteiger partial charge in [0.1, 0.15) is 12.6 Å². The molecule has 10 heteroatoms. The first-order valence-corrected chi connectivity index (χ1v) is 10.4. The van der Waals surface area contributed by atoms with E-state index >= 15 is 0 Å². The average molecular weight is 453 g/mol. The Morgan fingerprint density at radius 3 is 2.45 bits per heavy atom. The van der Waals surface area contributed by atoms with Crippen LogP contribution in [0, 0.1) is 5.92 Å². The van der Waals surface area contributed by atoms with Crippen LogP contribution in [-0.4, -0.2) is 46.6 Å². The minimum absolute atomic E-state index is 0.166. The SMILES string of the molecule is COc1cc2ncn(CC(=O)NC(C(=O)NCc3ccccn3)C(C)C)c(=O)c2cc1OC. The number of hydrogen-bond acceptors (Lipinski definition) is 7. The molecule has 0 spiro atoms. The Labute approximate surface area is 190 Å². The van der Waals surface area contributed by atoms with Gasteiger partial charge in [0.05, 0.1) is 43.7 Å². The molecule has 1 aromatic carbocycles. The second-order valence-corrected chi connectivity index (χ2v) is 7.73. The highest BCUT2D eigenvalue weighted by molar-refractivity contribution is 5.88. The van der Waals surface area contributed by atoms with E-state index < -0.39 is 17.5 Å². The molecule has 0 radical (unpaired) electrons. The molecule has 0 aliphatic heterocycles. The van der Waals surface area contributed by atoms with Crippen LogP contribution in [0.1, 0.15) is 19.5 Å². The highest BCUT2D eigenvalue weighted by Gasteiger charge is 2.24. The maximum Gasteiger partial charge on any atom is 0.261 e. The molecular weight excluding hydrogens is 426 g/mol. The summed E-state index contributed by atoms with van der Waals surface area (Å²) >= 11 is 0. The van der Waals surface area contributed by atoms with Gasteiger partial charge in [0, 0.05) is 12.3 Å². The number of nitrogens with one attached hydrogen (secondary N) is 2. The smallest absolute Gasteiger partial charge is 0.261 e. The Morgan fingerprint density at radius 2 is 1.82 bits per heavy atom. The van der Waals surface area contributed by atoms with Crippen LogP contribution >= 0.6 is 0 Å². The first-order valence-electron chi connectivity index (χ1n) is 10.4. The summed E-state index contributed by atoms with van der Waals surface area (Å²) in [5.74, 6) is -0.143. The second kappa shape index (κ2) is 10.6. The molecule has 2 heterocycles. The van der Waals surface area contributed by atoms with Crippen molar-refractivity contribution in [3.63, 3.8) is 0 Å². The van der Waals surface area contributed by atoms with Crippen LogP contribution in [0.3, 0.4) is 0 Å². The molecule has 0 aliphatic rings. The highest BCUT2D eigenvalue weighted by atomic mass is 16.5. The molecule has 0 aliphatic carbocycles. The predicted molar refractivity (Wildman–Crippen MR) is 122 cm³/mol. The number of pyridine rings is 1. The zero-order valence-electron chi connectivity index (χ0n) is 19.0. The molecule has 1 unspecified atom stereocenters. The molecule has 0 saturated heterocycles. The van der Waals surface area contributed by atoms with Gasteiger partial charge in [0.15, 0.2) is 11.5 Å². The fourth-order valence-corrected chi connectivity index (χ4v) is 3.30. The van der Waals surface area contributed by atoms with E-state index in [-0.39, 0.29) is 30.3 Å². The lowest BCUT2D eigenvalue weighted by Gasteiger charge is -2.22. The van der Waals surface area contributed by atoms with Crippen molar-refractivity contribution in [3.8, 4) is 11.5 Å². The number of ether oxygens (including phenoxy) is 2. The van der Waals surface area contributed by atoms with Crippen LogP contribution in [0.25, 0.3) is 10.9 Å². The van der Waals surface area contributed by atoms with Crippen molar-refractivity contribution >= 4 is 22.7 Å². The zero-order chi connectivity index (χ0) is 24.0. The molecule has 174 valence electrons. The maximum absolute atomic E-state index is 12.9. The van der Waals surface area contributed by atoms with Gasteiger partial charge in [-0.1, -0.05) is 19.9 Å². The van der Waals surface area contributed by atoms with Gasteiger partial charge in [-0.3, -0.25) is 23.9 Å². The van der Waals surface area contributed by atoms with Crippen LogP contribution in [0.4, 0.5) is 0 Å². The van der Waals surface area contributed by atoms with E-state index in [1.165, 1.54) is 31.2 Å². The number of hydrogen-bond donors (Lipinski definition) is 2. The third-order valence-corrected chi connectivity index (χ3v) is 5.08. The lowest BCUT2D eigenvalue weighted by atomic mass is 10.0. The van der Waals surface area contributed by atoms with Gasteiger partial charge in [0.25, 0.3) is 5.56 Å². The molecule has 33 heavy (non-hydrogen) atoms. The van der Waals surface area contributed by atoms with Gasteiger partial charge in [-0.05, 0) is 24.1 Å².